The number of methoxy groups -OCH3 is 1. The standard InChI is InChI=1S/C17H19N3O/c1-11(2)7-13-9-15(16(10-18)17(19)20-13)12-5-4-6-14(8-12)21-3/h4-6,8-9,11H,7H2,1-3H3,(H2,19,20). The second-order valence-corrected chi connectivity index (χ2v) is 5.36. The Morgan fingerprint density at radius 3 is 2.71 bits per heavy atom. The van der Waals surface area contributed by atoms with Crippen LogP contribution in [0.25, 0.3) is 11.1 Å². The fourth-order valence-corrected chi connectivity index (χ4v) is 2.28. The first-order valence-electron chi connectivity index (χ1n) is 6.89. The summed E-state index contributed by atoms with van der Waals surface area (Å²) in [6.45, 7) is 4.25. The van der Waals surface area contributed by atoms with Gasteiger partial charge in [-0.15, -0.1) is 0 Å². The number of nitrogens with two attached hydrogens (primary N) is 1. The number of nitrogen functional groups attached to an aromatic ring is 1. The van der Waals surface area contributed by atoms with Gasteiger partial charge >= 0.3 is 0 Å². The third-order valence-electron chi connectivity index (χ3n) is 3.21. The van der Waals surface area contributed by atoms with Crippen LogP contribution in [-0.2, 0) is 6.42 Å². The van der Waals surface area contributed by atoms with Crippen LogP contribution in [0.3, 0.4) is 0 Å². The van der Waals surface area contributed by atoms with Gasteiger partial charge in [0, 0.05) is 11.3 Å². The van der Waals surface area contributed by atoms with Crippen LogP contribution >= 0.6 is 0 Å². The molecular formula is C17H19N3O. The van der Waals surface area contributed by atoms with Gasteiger partial charge in [0.25, 0.3) is 0 Å². The van der Waals surface area contributed by atoms with Gasteiger partial charge in [-0.1, -0.05) is 26.0 Å². The summed E-state index contributed by atoms with van der Waals surface area (Å²) in [5, 5.41) is 9.36. The van der Waals surface area contributed by atoms with Gasteiger partial charge in [0.1, 0.15) is 23.2 Å². The predicted molar refractivity (Wildman–Crippen MR) is 83.9 cm³/mol. The van der Waals surface area contributed by atoms with Crippen LogP contribution in [0, 0.1) is 17.2 Å². The molecule has 21 heavy (non-hydrogen) atoms. The van der Waals surface area contributed by atoms with Gasteiger partial charge in [-0.3, -0.25) is 0 Å². The van der Waals surface area contributed by atoms with Crippen molar-refractivity contribution in [3.05, 3.63) is 41.6 Å². The van der Waals surface area contributed by atoms with Crippen LogP contribution in [0.5, 0.6) is 5.75 Å². The molecule has 0 unspecified atom stereocenters. The molecule has 0 saturated carbocycles. The highest BCUT2D eigenvalue weighted by Gasteiger charge is 2.13. The van der Waals surface area contributed by atoms with Gasteiger partial charge in [-0.2, -0.15) is 5.26 Å². The first kappa shape index (κ1) is 14.9. The van der Waals surface area contributed by atoms with E-state index in [2.05, 4.69) is 24.9 Å². The summed E-state index contributed by atoms with van der Waals surface area (Å²) in [5.41, 5.74) is 8.98. The van der Waals surface area contributed by atoms with E-state index in [1.807, 2.05) is 30.3 Å². The number of anilines is 1. The van der Waals surface area contributed by atoms with Gasteiger partial charge in [0.15, 0.2) is 0 Å². The van der Waals surface area contributed by atoms with Crippen LogP contribution in [0.15, 0.2) is 30.3 Å². The highest BCUT2D eigenvalue weighted by Crippen LogP contribution is 2.30. The van der Waals surface area contributed by atoms with Gasteiger partial charge in [-0.25, -0.2) is 4.98 Å². The predicted octanol–water partition coefficient (Wildman–Crippen LogP) is 3.41. The number of pyridine rings is 1. The Morgan fingerprint density at radius 1 is 1.33 bits per heavy atom. The van der Waals surface area contributed by atoms with Crippen molar-refractivity contribution in [3.63, 3.8) is 0 Å². The van der Waals surface area contributed by atoms with E-state index < -0.39 is 0 Å². The summed E-state index contributed by atoms with van der Waals surface area (Å²) in [6.07, 6.45) is 0.826. The highest BCUT2D eigenvalue weighted by molar-refractivity contribution is 5.76. The fourth-order valence-electron chi connectivity index (χ4n) is 2.28. The average Bonchev–Trinajstić information content (AvgIpc) is 2.46. The monoisotopic (exact) mass is 281 g/mol. The van der Waals surface area contributed by atoms with E-state index in [9.17, 15) is 5.26 Å². The maximum absolute atomic E-state index is 9.36. The number of nitriles is 1. The zero-order valence-electron chi connectivity index (χ0n) is 12.6. The van der Waals surface area contributed by atoms with Crippen LogP contribution in [0.1, 0.15) is 25.1 Å². The van der Waals surface area contributed by atoms with Crippen LogP contribution < -0.4 is 10.5 Å². The SMILES string of the molecule is COc1cccc(-c2cc(CC(C)C)nc(N)c2C#N)c1. The normalized spacial score (nSPS) is 10.4. The Bertz CT molecular complexity index is 687. The second kappa shape index (κ2) is 6.27. The van der Waals surface area contributed by atoms with Crippen LogP contribution in [0.2, 0.25) is 0 Å². The quantitative estimate of drug-likeness (QED) is 0.932. The molecule has 0 aliphatic rings. The van der Waals surface area contributed by atoms with E-state index in [1.54, 1.807) is 7.11 Å². The zero-order valence-corrected chi connectivity index (χ0v) is 12.6. The Labute approximate surface area is 125 Å². The second-order valence-electron chi connectivity index (χ2n) is 5.36. The third-order valence-corrected chi connectivity index (χ3v) is 3.21. The molecule has 0 fully saturated rings. The first-order chi connectivity index (χ1) is 10.0. The summed E-state index contributed by atoms with van der Waals surface area (Å²) in [4.78, 5) is 4.34. The van der Waals surface area contributed by atoms with Crippen molar-refractivity contribution >= 4 is 5.82 Å². The Balaban J connectivity index is 2.59. The highest BCUT2D eigenvalue weighted by atomic mass is 16.5. The molecule has 0 atom stereocenters. The van der Waals surface area contributed by atoms with Crippen LogP contribution in [0.4, 0.5) is 5.82 Å². The summed E-state index contributed by atoms with van der Waals surface area (Å²) in [5.74, 6) is 1.51. The summed E-state index contributed by atoms with van der Waals surface area (Å²) < 4.78 is 5.25. The number of nitrogens with zero attached hydrogens (tertiary/aromatic N) is 2. The molecule has 2 N–H and O–H groups in total. The van der Waals surface area contributed by atoms with Crippen molar-refractivity contribution in [2.24, 2.45) is 5.92 Å². The smallest absolute Gasteiger partial charge is 0.142 e. The average molecular weight is 281 g/mol. The zero-order chi connectivity index (χ0) is 15.4. The molecule has 1 heterocycles. The minimum atomic E-state index is 0.286. The number of rotatable bonds is 4. The van der Waals surface area contributed by atoms with E-state index in [-0.39, 0.29) is 5.82 Å². The van der Waals surface area contributed by atoms with E-state index in [1.165, 1.54) is 0 Å². The minimum absolute atomic E-state index is 0.286. The summed E-state index contributed by atoms with van der Waals surface area (Å²) in [6, 6.07) is 11.7. The minimum Gasteiger partial charge on any atom is -0.497 e. The number of hydrogen-bond acceptors (Lipinski definition) is 4. The van der Waals surface area contributed by atoms with Crippen molar-refractivity contribution in [1.82, 2.24) is 4.98 Å². The lowest BCUT2D eigenvalue weighted by molar-refractivity contribution is 0.415. The molecule has 108 valence electrons. The maximum Gasteiger partial charge on any atom is 0.142 e. The molecule has 0 spiro atoms. The maximum atomic E-state index is 9.36. The molecule has 0 radical (unpaired) electrons. The Kier molecular flexibility index (Phi) is 4.44. The molecule has 0 bridgehead atoms. The number of aromatic nitrogens is 1. The van der Waals surface area contributed by atoms with Crippen molar-refractivity contribution in [2.75, 3.05) is 12.8 Å². The largest absolute Gasteiger partial charge is 0.497 e. The Hall–Kier alpha value is -2.54. The molecular weight excluding hydrogens is 262 g/mol. The lowest BCUT2D eigenvalue weighted by atomic mass is 9.98. The number of benzene rings is 1. The lowest BCUT2D eigenvalue weighted by Gasteiger charge is -2.12. The fraction of sp³-hybridized carbons (Fsp3) is 0.294. The van der Waals surface area contributed by atoms with Crippen LogP contribution in [-0.4, -0.2) is 12.1 Å². The molecule has 1 aromatic heterocycles. The van der Waals surface area contributed by atoms with Crippen molar-refractivity contribution in [2.45, 2.75) is 20.3 Å². The van der Waals surface area contributed by atoms with E-state index in [0.717, 1.165) is 29.0 Å². The summed E-state index contributed by atoms with van der Waals surface area (Å²) in [7, 11) is 1.62. The summed E-state index contributed by atoms with van der Waals surface area (Å²) >= 11 is 0. The topological polar surface area (TPSA) is 71.9 Å². The van der Waals surface area contributed by atoms with Crippen molar-refractivity contribution in [1.29, 1.82) is 5.26 Å². The van der Waals surface area contributed by atoms with Gasteiger partial charge in [-0.05, 0) is 36.1 Å². The number of hydrogen-bond donors (Lipinski definition) is 1. The molecule has 0 aliphatic heterocycles. The third kappa shape index (κ3) is 3.32. The lowest BCUT2D eigenvalue weighted by Crippen LogP contribution is -2.04. The molecule has 1 aromatic carbocycles. The molecule has 4 nitrogen and oxygen atoms in total. The van der Waals surface area contributed by atoms with E-state index in [4.69, 9.17) is 10.5 Å². The molecule has 2 aromatic rings. The van der Waals surface area contributed by atoms with Gasteiger partial charge < -0.3 is 10.5 Å². The van der Waals surface area contributed by atoms with E-state index in [0.29, 0.717) is 11.5 Å². The molecule has 0 saturated heterocycles. The Morgan fingerprint density at radius 2 is 2.10 bits per heavy atom. The van der Waals surface area contributed by atoms with Crippen molar-refractivity contribution in [3.8, 4) is 22.9 Å². The van der Waals surface area contributed by atoms with Crippen molar-refractivity contribution < 1.29 is 4.74 Å². The molecule has 4 heteroatoms. The molecule has 0 aliphatic carbocycles. The first-order valence-corrected chi connectivity index (χ1v) is 6.89. The van der Waals surface area contributed by atoms with E-state index >= 15 is 0 Å². The number of ether oxygens (including phenoxy) is 1. The van der Waals surface area contributed by atoms with Gasteiger partial charge in [0.2, 0.25) is 0 Å². The van der Waals surface area contributed by atoms with Gasteiger partial charge in [0.05, 0.1) is 7.11 Å². The molecule has 2 rings (SSSR count). The molecule has 0 amide bonds.